The summed E-state index contributed by atoms with van der Waals surface area (Å²) < 4.78 is 15.0. The fraction of sp³-hybridized carbons (Fsp3) is 0.143. The molecule has 0 amide bonds. The van der Waals surface area contributed by atoms with Crippen LogP contribution in [0.25, 0.3) is 5.65 Å². The lowest BCUT2D eigenvalue weighted by atomic mass is 10.5. The van der Waals surface area contributed by atoms with Crippen molar-refractivity contribution in [2.75, 3.05) is 0 Å². The lowest BCUT2D eigenvalue weighted by Crippen LogP contribution is -1.96. The Morgan fingerprint density at radius 2 is 2.17 bits per heavy atom. The molecule has 62 valence electrons. The Morgan fingerprint density at radius 1 is 1.42 bits per heavy atom. The molecule has 2 rings (SSSR count). The van der Waals surface area contributed by atoms with Crippen LogP contribution in [-0.2, 0) is 0 Å². The van der Waals surface area contributed by atoms with E-state index in [-0.39, 0.29) is 5.95 Å². The lowest BCUT2D eigenvalue weighted by Gasteiger charge is -1.99. The van der Waals surface area contributed by atoms with Crippen LogP contribution in [0.3, 0.4) is 0 Å². The molecule has 5 heteroatoms. The highest BCUT2D eigenvalue weighted by Crippen LogP contribution is 2.16. The van der Waals surface area contributed by atoms with Gasteiger partial charge >= 0.3 is 0 Å². The predicted octanol–water partition coefficient (Wildman–Crippen LogP) is 1.94. The molecule has 0 spiro atoms. The van der Waals surface area contributed by atoms with Gasteiger partial charge in [0.2, 0.25) is 5.95 Å². The molecule has 0 N–H and O–H groups in total. The topological polar surface area (TPSA) is 30.2 Å². The van der Waals surface area contributed by atoms with Crippen LogP contribution in [0.1, 0.15) is 5.69 Å². The summed E-state index contributed by atoms with van der Waals surface area (Å²) in [6, 6.07) is 0. The van der Waals surface area contributed by atoms with E-state index in [4.69, 9.17) is 0 Å². The minimum atomic E-state index is -0.370. The summed E-state index contributed by atoms with van der Waals surface area (Å²) in [5, 5.41) is 0. The highest BCUT2D eigenvalue weighted by atomic mass is 79.9. The molecular weight excluding hydrogens is 225 g/mol. The first kappa shape index (κ1) is 7.67. The monoisotopic (exact) mass is 229 g/mol. The SMILES string of the molecule is Cc1cnc(Br)c2ncc(F)n12. The van der Waals surface area contributed by atoms with Crippen LogP contribution >= 0.6 is 15.9 Å². The van der Waals surface area contributed by atoms with Gasteiger partial charge in [0.25, 0.3) is 0 Å². The average molecular weight is 230 g/mol. The number of aromatic nitrogens is 3. The first-order chi connectivity index (χ1) is 5.70. The van der Waals surface area contributed by atoms with Crippen LogP contribution < -0.4 is 0 Å². The normalized spacial score (nSPS) is 10.9. The summed E-state index contributed by atoms with van der Waals surface area (Å²) in [4.78, 5) is 7.84. The summed E-state index contributed by atoms with van der Waals surface area (Å²) >= 11 is 3.18. The zero-order valence-electron chi connectivity index (χ0n) is 6.25. The first-order valence-corrected chi connectivity index (χ1v) is 4.13. The van der Waals surface area contributed by atoms with Gasteiger partial charge in [0.15, 0.2) is 5.65 Å². The van der Waals surface area contributed by atoms with Gasteiger partial charge in [0.05, 0.1) is 6.20 Å². The van der Waals surface area contributed by atoms with Gasteiger partial charge in [-0.25, -0.2) is 9.97 Å². The van der Waals surface area contributed by atoms with Crippen molar-refractivity contribution in [2.24, 2.45) is 0 Å². The molecule has 0 saturated carbocycles. The van der Waals surface area contributed by atoms with Crippen LogP contribution in [0.4, 0.5) is 4.39 Å². The van der Waals surface area contributed by atoms with Crippen LogP contribution in [-0.4, -0.2) is 14.4 Å². The molecule has 0 atom stereocenters. The van der Waals surface area contributed by atoms with Gasteiger partial charge in [-0.1, -0.05) is 0 Å². The number of aryl methyl sites for hydroxylation is 1. The van der Waals surface area contributed by atoms with Crippen LogP contribution in [0.5, 0.6) is 0 Å². The third-order valence-electron chi connectivity index (χ3n) is 1.62. The zero-order valence-corrected chi connectivity index (χ0v) is 7.84. The number of hydrogen-bond donors (Lipinski definition) is 0. The molecule has 0 aromatic carbocycles. The van der Waals surface area contributed by atoms with Crippen molar-refractivity contribution in [3.05, 3.63) is 28.6 Å². The van der Waals surface area contributed by atoms with Gasteiger partial charge in [0, 0.05) is 11.9 Å². The van der Waals surface area contributed by atoms with Gasteiger partial charge in [-0.05, 0) is 22.9 Å². The van der Waals surface area contributed by atoms with Crippen molar-refractivity contribution >= 4 is 21.6 Å². The van der Waals surface area contributed by atoms with E-state index in [1.165, 1.54) is 10.6 Å². The zero-order chi connectivity index (χ0) is 8.72. The minimum Gasteiger partial charge on any atom is -0.270 e. The van der Waals surface area contributed by atoms with E-state index in [0.29, 0.717) is 10.3 Å². The number of imidazole rings is 1. The Hall–Kier alpha value is -0.970. The van der Waals surface area contributed by atoms with Gasteiger partial charge in [0.1, 0.15) is 4.60 Å². The molecule has 0 bridgehead atoms. The Bertz CT molecular complexity index is 437. The second-order valence-corrected chi connectivity index (χ2v) is 3.18. The van der Waals surface area contributed by atoms with E-state index in [9.17, 15) is 4.39 Å². The molecule has 2 aromatic rings. The van der Waals surface area contributed by atoms with Crippen molar-refractivity contribution in [2.45, 2.75) is 6.92 Å². The van der Waals surface area contributed by atoms with Crippen LogP contribution in [0, 0.1) is 12.9 Å². The molecular formula is C7H5BrFN3. The Morgan fingerprint density at radius 3 is 2.83 bits per heavy atom. The fourth-order valence-corrected chi connectivity index (χ4v) is 1.46. The minimum absolute atomic E-state index is 0.370. The number of hydrogen-bond acceptors (Lipinski definition) is 2. The Balaban J connectivity index is 2.98. The van der Waals surface area contributed by atoms with E-state index in [1.54, 1.807) is 13.1 Å². The number of rotatable bonds is 0. The summed E-state index contributed by atoms with van der Waals surface area (Å²) in [6.45, 7) is 1.78. The van der Waals surface area contributed by atoms with Gasteiger partial charge in [-0.15, -0.1) is 0 Å². The van der Waals surface area contributed by atoms with Gasteiger partial charge in [-0.3, -0.25) is 4.40 Å². The number of halogens is 2. The molecule has 0 fully saturated rings. The second kappa shape index (κ2) is 2.52. The van der Waals surface area contributed by atoms with E-state index >= 15 is 0 Å². The third kappa shape index (κ3) is 0.929. The molecule has 2 heterocycles. The van der Waals surface area contributed by atoms with Crippen molar-refractivity contribution in [1.82, 2.24) is 14.4 Å². The maximum Gasteiger partial charge on any atom is 0.218 e. The van der Waals surface area contributed by atoms with Gasteiger partial charge in [-0.2, -0.15) is 4.39 Å². The molecule has 0 aliphatic carbocycles. The van der Waals surface area contributed by atoms with Crippen LogP contribution in [0.15, 0.2) is 17.0 Å². The maximum absolute atomic E-state index is 13.0. The van der Waals surface area contributed by atoms with E-state index in [2.05, 4.69) is 25.9 Å². The number of fused-ring (bicyclic) bond motifs is 1. The first-order valence-electron chi connectivity index (χ1n) is 3.34. The van der Waals surface area contributed by atoms with E-state index < -0.39 is 0 Å². The van der Waals surface area contributed by atoms with Crippen molar-refractivity contribution in [3.63, 3.8) is 0 Å². The summed E-state index contributed by atoms with van der Waals surface area (Å²) in [5.74, 6) is -0.370. The average Bonchev–Trinajstić information content (AvgIpc) is 2.42. The quantitative estimate of drug-likeness (QED) is 0.692. The van der Waals surface area contributed by atoms with Gasteiger partial charge < -0.3 is 0 Å². The fourth-order valence-electron chi connectivity index (χ4n) is 1.08. The molecule has 0 saturated heterocycles. The standard InChI is InChI=1S/C7H5BrFN3/c1-4-2-10-6(8)7-11-3-5(9)12(4)7/h2-3H,1H3. The lowest BCUT2D eigenvalue weighted by molar-refractivity contribution is 0.567. The predicted molar refractivity (Wildman–Crippen MR) is 45.4 cm³/mol. The van der Waals surface area contributed by atoms with E-state index in [1.807, 2.05) is 0 Å². The molecule has 12 heavy (non-hydrogen) atoms. The summed E-state index contributed by atoms with van der Waals surface area (Å²) in [6.07, 6.45) is 2.76. The summed E-state index contributed by atoms with van der Waals surface area (Å²) in [5.41, 5.74) is 1.23. The molecule has 0 radical (unpaired) electrons. The highest BCUT2D eigenvalue weighted by Gasteiger charge is 2.07. The smallest absolute Gasteiger partial charge is 0.218 e. The Labute approximate surface area is 76.4 Å². The van der Waals surface area contributed by atoms with Crippen LogP contribution in [0.2, 0.25) is 0 Å². The molecule has 0 unspecified atom stereocenters. The van der Waals surface area contributed by atoms with E-state index in [0.717, 1.165) is 5.69 Å². The molecule has 0 aliphatic heterocycles. The number of nitrogens with zero attached hydrogens (tertiary/aromatic N) is 3. The molecule has 3 nitrogen and oxygen atoms in total. The van der Waals surface area contributed by atoms with Crippen molar-refractivity contribution < 1.29 is 4.39 Å². The van der Waals surface area contributed by atoms with Crippen molar-refractivity contribution in [1.29, 1.82) is 0 Å². The third-order valence-corrected chi connectivity index (χ3v) is 2.18. The highest BCUT2D eigenvalue weighted by molar-refractivity contribution is 9.10. The largest absolute Gasteiger partial charge is 0.270 e. The van der Waals surface area contributed by atoms with Crippen molar-refractivity contribution in [3.8, 4) is 0 Å². The Kier molecular flexibility index (Phi) is 1.61. The molecule has 2 aromatic heterocycles. The molecule has 0 aliphatic rings. The maximum atomic E-state index is 13.0. The second-order valence-electron chi connectivity index (χ2n) is 2.43. The summed E-state index contributed by atoms with van der Waals surface area (Å²) in [7, 11) is 0.